The molecule has 0 unspecified atom stereocenters. The quantitative estimate of drug-likeness (QED) is 0.879. The predicted molar refractivity (Wildman–Crippen MR) is 89.5 cm³/mol. The van der Waals surface area contributed by atoms with Gasteiger partial charge in [0.25, 0.3) is 0 Å². The van der Waals surface area contributed by atoms with Crippen LogP contribution in [0.5, 0.6) is 0 Å². The molecule has 112 valence electrons. The van der Waals surface area contributed by atoms with Gasteiger partial charge in [0.05, 0.1) is 17.9 Å². The fourth-order valence-corrected chi connectivity index (χ4v) is 2.34. The van der Waals surface area contributed by atoms with Crippen LogP contribution in [-0.4, -0.2) is 18.1 Å². The van der Waals surface area contributed by atoms with Crippen molar-refractivity contribution in [2.24, 2.45) is 0 Å². The predicted octanol–water partition coefficient (Wildman–Crippen LogP) is 3.52. The van der Waals surface area contributed by atoms with Crippen LogP contribution in [0.4, 0.5) is 5.69 Å². The van der Waals surface area contributed by atoms with E-state index in [0.29, 0.717) is 6.04 Å². The second kappa shape index (κ2) is 7.23. The number of para-hydroxylation sites is 1. The van der Waals surface area contributed by atoms with Crippen molar-refractivity contribution in [2.45, 2.75) is 39.9 Å². The van der Waals surface area contributed by atoms with E-state index >= 15 is 0 Å². The van der Waals surface area contributed by atoms with Gasteiger partial charge in [-0.25, -0.2) is 0 Å². The third-order valence-electron chi connectivity index (χ3n) is 3.48. The molecule has 21 heavy (non-hydrogen) atoms. The molecule has 0 saturated carbocycles. The van der Waals surface area contributed by atoms with Gasteiger partial charge in [0.15, 0.2) is 0 Å². The smallest absolute Gasteiger partial charge is 0.0600 e. The maximum absolute atomic E-state index is 4.74. The lowest BCUT2D eigenvalue weighted by Crippen LogP contribution is -2.23. The average Bonchev–Trinajstić information content (AvgIpc) is 2.46. The van der Waals surface area contributed by atoms with E-state index in [1.807, 2.05) is 0 Å². The number of aryl methyl sites for hydroxylation is 1. The van der Waals surface area contributed by atoms with E-state index in [1.54, 1.807) is 0 Å². The molecule has 0 fully saturated rings. The van der Waals surface area contributed by atoms with E-state index in [2.05, 4.69) is 80.5 Å². The van der Waals surface area contributed by atoms with Crippen LogP contribution in [0.1, 0.15) is 30.8 Å². The van der Waals surface area contributed by atoms with Crippen LogP contribution in [0.3, 0.4) is 0 Å². The average molecular weight is 283 g/mol. The van der Waals surface area contributed by atoms with E-state index in [0.717, 1.165) is 24.5 Å². The number of anilines is 1. The fourth-order valence-electron chi connectivity index (χ4n) is 2.34. The van der Waals surface area contributed by atoms with Crippen molar-refractivity contribution in [1.29, 1.82) is 0 Å². The van der Waals surface area contributed by atoms with Crippen molar-refractivity contribution in [3.05, 3.63) is 59.4 Å². The molecule has 1 aromatic carbocycles. The molecule has 0 aliphatic heterocycles. The Balaban J connectivity index is 2.05. The van der Waals surface area contributed by atoms with Gasteiger partial charge in [-0.3, -0.25) is 4.98 Å². The topological polar surface area (TPSA) is 28.2 Å². The summed E-state index contributed by atoms with van der Waals surface area (Å²) in [6, 6.07) is 15.2. The molecule has 0 aliphatic rings. The number of nitrogens with zero attached hydrogens (tertiary/aromatic N) is 2. The molecule has 0 aliphatic carbocycles. The van der Waals surface area contributed by atoms with Gasteiger partial charge in [0, 0.05) is 25.3 Å². The standard InChI is InChI=1S/C18H25N3/c1-14(2)19-12-16-9-7-10-17(20-16)13-21(4)18-11-6-5-8-15(18)3/h5-11,14,19H,12-13H2,1-4H3. The minimum Gasteiger partial charge on any atom is -0.368 e. The minimum absolute atomic E-state index is 0.477. The van der Waals surface area contributed by atoms with Gasteiger partial charge >= 0.3 is 0 Å². The molecule has 0 bridgehead atoms. The molecule has 0 atom stereocenters. The third kappa shape index (κ3) is 4.57. The van der Waals surface area contributed by atoms with Crippen LogP contribution in [0, 0.1) is 6.92 Å². The Kier molecular flexibility index (Phi) is 5.34. The summed E-state index contributed by atoms with van der Waals surface area (Å²) in [5.74, 6) is 0. The molecule has 1 heterocycles. The molecular weight excluding hydrogens is 258 g/mol. The Morgan fingerprint density at radius 2 is 1.76 bits per heavy atom. The number of aromatic nitrogens is 1. The van der Waals surface area contributed by atoms with Crippen LogP contribution >= 0.6 is 0 Å². The molecule has 3 heteroatoms. The summed E-state index contributed by atoms with van der Waals surface area (Å²) >= 11 is 0. The van der Waals surface area contributed by atoms with Crippen LogP contribution in [0.25, 0.3) is 0 Å². The zero-order valence-electron chi connectivity index (χ0n) is 13.4. The summed E-state index contributed by atoms with van der Waals surface area (Å²) in [7, 11) is 2.11. The summed E-state index contributed by atoms with van der Waals surface area (Å²) < 4.78 is 0. The third-order valence-corrected chi connectivity index (χ3v) is 3.48. The maximum atomic E-state index is 4.74. The van der Waals surface area contributed by atoms with Crippen LogP contribution < -0.4 is 10.2 Å². The van der Waals surface area contributed by atoms with Crippen molar-refractivity contribution in [3.8, 4) is 0 Å². The molecule has 0 amide bonds. The molecule has 3 nitrogen and oxygen atoms in total. The Labute approximate surface area is 128 Å². The second-order valence-corrected chi connectivity index (χ2v) is 5.80. The van der Waals surface area contributed by atoms with Crippen LogP contribution in [0.15, 0.2) is 42.5 Å². The van der Waals surface area contributed by atoms with Gasteiger partial charge in [-0.05, 0) is 30.7 Å². The van der Waals surface area contributed by atoms with Crippen molar-refractivity contribution < 1.29 is 0 Å². The van der Waals surface area contributed by atoms with Gasteiger partial charge in [-0.2, -0.15) is 0 Å². The number of hydrogen-bond donors (Lipinski definition) is 1. The van der Waals surface area contributed by atoms with E-state index in [9.17, 15) is 0 Å². The summed E-state index contributed by atoms with van der Waals surface area (Å²) in [5.41, 5.74) is 4.74. The number of pyridine rings is 1. The lowest BCUT2D eigenvalue weighted by molar-refractivity contribution is 0.580. The first-order chi connectivity index (χ1) is 10.1. The molecular formula is C18H25N3. The maximum Gasteiger partial charge on any atom is 0.0600 e. The van der Waals surface area contributed by atoms with Gasteiger partial charge in [-0.1, -0.05) is 38.1 Å². The first-order valence-electron chi connectivity index (χ1n) is 7.51. The van der Waals surface area contributed by atoms with E-state index in [4.69, 9.17) is 4.98 Å². The van der Waals surface area contributed by atoms with Gasteiger partial charge < -0.3 is 10.2 Å². The van der Waals surface area contributed by atoms with E-state index in [-0.39, 0.29) is 0 Å². The second-order valence-electron chi connectivity index (χ2n) is 5.80. The normalized spacial score (nSPS) is 10.9. The highest BCUT2D eigenvalue weighted by molar-refractivity contribution is 5.52. The minimum atomic E-state index is 0.477. The highest BCUT2D eigenvalue weighted by Crippen LogP contribution is 2.19. The van der Waals surface area contributed by atoms with Crippen LogP contribution in [0.2, 0.25) is 0 Å². The van der Waals surface area contributed by atoms with Crippen LogP contribution in [-0.2, 0) is 13.1 Å². The number of nitrogens with one attached hydrogen (secondary N) is 1. The molecule has 0 radical (unpaired) electrons. The van der Waals surface area contributed by atoms with E-state index < -0.39 is 0 Å². The van der Waals surface area contributed by atoms with Gasteiger partial charge in [-0.15, -0.1) is 0 Å². The Bertz CT molecular complexity index is 578. The molecule has 0 spiro atoms. The lowest BCUT2D eigenvalue weighted by atomic mass is 10.2. The van der Waals surface area contributed by atoms with Crippen molar-refractivity contribution in [2.75, 3.05) is 11.9 Å². The first kappa shape index (κ1) is 15.5. The zero-order valence-corrected chi connectivity index (χ0v) is 13.4. The fraction of sp³-hybridized carbons (Fsp3) is 0.389. The van der Waals surface area contributed by atoms with Gasteiger partial charge in [0.1, 0.15) is 0 Å². The highest BCUT2D eigenvalue weighted by atomic mass is 15.1. The molecule has 1 aromatic heterocycles. The molecule has 0 saturated heterocycles. The summed E-state index contributed by atoms with van der Waals surface area (Å²) in [6.07, 6.45) is 0. The number of benzene rings is 1. The van der Waals surface area contributed by atoms with Gasteiger partial charge in [0.2, 0.25) is 0 Å². The zero-order chi connectivity index (χ0) is 15.2. The first-order valence-corrected chi connectivity index (χ1v) is 7.51. The highest BCUT2D eigenvalue weighted by Gasteiger charge is 2.06. The summed E-state index contributed by atoms with van der Waals surface area (Å²) in [5, 5.41) is 3.41. The molecule has 2 rings (SSSR count). The summed E-state index contributed by atoms with van der Waals surface area (Å²) in [6.45, 7) is 8.08. The lowest BCUT2D eigenvalue weighted by Gasteiger charge is -2.21. The monoisotopic (exact) mass is 283 g/mol. The Morgan fingerprint density at radius 3 is 2.48 bits per heavy atom. The Morgan fingerprint density at radius 1 is 1.05 bits per heavy atom. The SMILES string of the molecule is Cc1ccccc1N(C)Cc1cccc(CNC(C)C)n1. The molecule has 2 aromatic rings. The van der Waals surface area contributed by atoms with E-state index in [1.165, 1.54) is 11.3 Å². The van der Waals surface area contributed by atoms with Crippen molar-refractivity contribution in [3.63, 3.8) is 0 Å². The van der Waals surface area contributed by atoms with Crippen molar-refractivity contribution in [1.82, 2.24) is 10.3 Å². The number of hydrogen-bond acceptors (Lipinski definition) is 3. The number of rotatable bonds is 6. The summed E-state index contributed by atoms with van der Waals surface area (Å²) in [4.78, 5) is 6.98. The Hall–Kier alpha value is -1.87. The molecule has 1 N–H and O–H groups in total. The van der Waals surface area contributed by atoms with Crippen molar-refractivity contribution >= 4 is 5.69 Å². The largest absolute Gasteiger partial charge is 0.368 e.